The predicted molar refractivity (Wildman–Crippen MR) is 45.8 cm³/mol. The lowest BCUT2D eigenvalue weighted by molar-refractivity contribution is 1.17. The van der Waals surface area contributed by atoms with Gasteiger partial charge in [-0.05, 0) is 22.0 Å². The Morgan fingerprint density at radius 2 is 1.90 bits per heavy atom. The Labute approximate surface area is 76.4 Å². The van der Waals surface area contributed by atoms with Crippen LogP contribution in [-0.4, -0.2) is 9.65 Å². The van der Waals surface area contributed by atoms with E-state index in [0.717, 1.165) is 0 Å². The molecule has 4 heteroatoms. The highest BCUT2D eigenvalue weighted by Gasteiger charge is 2.20. The zero-order chi connectivity index (χ0) is 8.04. The molecule has 0 bridgehead atoms. The first-order chi connectivity index (χ1) is 4.68. The maximum Gasteiger partial charge on any atom is 0.215 e. The molecule has 0 amide bonds. The van der Waals surface area contributed by atoms with Crippen LogP contribution in [0.15, 0.2) is 12.2 Å². The first-order valence-corrected chi connectivity index (χ1v) is 4.35. The van der Waals surface area contributed by atoms with Gasteiger partial charge in [0.05, 0.1) is 0 Å². The van der Waals surface area contributed by atoms with Crippen molar-refractivity contribution in [3.8, 4) is 12.1 Å². The molecule has 0 radical (unpaired) electrons. The maximum atomic E-state index is 8.43. The van der Waals surface area contributed by atoms with Crippen LogP contribution >= 0.6 is 31.9 Å². The zero-order valence-electron chi connectivity index (χ0n) is 5.01. The molecule has 0 saturated carbocycles. The van der Waals surface area contributed by atoms with Crippen molar-refractivity contribution in [1.82, 2.24) is 0 Å². The van der Waals surface area contributed by atoms with E-state index in [0.29, 0.717) is 5.33 Å². The molecule has 2 nitrogen and oxygen atoms in total. The van der Waals surface area contributed by atoms with Crippen LogP contribution in [0.3, 0.4) is 0 Å². The number of allylic oxidation sites excluding steroid dienone is 2. The molecule has 52 valence electrons. The van der Waals surface area contributed by atoms with Crippen molar-refractivity contribution >= 4 is 31.9 Å². The van der Waals surface area contributed by atoms with Gasteiger partial charge in [-0.25, -0.2) is 0 Å². The van der Waals surface area contributed by atoms with E-state index in [2.05, 4.69) is 31.9 Å². The summed E-state index contributed by atoms with van der Waals surface area (Å²) in [5, 5.41) is 17.5. The molecule has 0 unspecified atom stereocenters. The van der Waals surface area contributed by atoms with Gasteiger partial charge in [-0.1, -0.05) is 22.0 Å². The fraction of sp³-hybridized carbons (Fsp3) is 0.333. The number of hydrogen-bond donors (Lipinski definition) is 0. The molecule has 0 aromatic rings. The molecule has 0 aliphatic carbocycles. The van der Waals surface area contributed by atoms with Crippen LogP contribution < -0.4 is 0 Å². The molecule has 0 aromatic carbocycles. The fourth-order valence-corrected chi connectivity index (χ4v) is 0.680. The average Bonchev–Trinajstić information content (AvgIpc) is 2.00. The van der Waals surface area contributed by atoms with Gasteiger partial charge < -0.3 is 0 Å². The molecule has 0 aliphatic heterocycles. The van der Waals surface area contributed by atoms with E-state index in [4.69, 9.17) is 10.5 Å². The molecule has 0 fully saturated rings. The average molecular weight is 264 g/mol. The second-order valence-corrected chi connectivity index (χ2v) is 3.39. The molecule has 0 aromatic heterocycles. The normalized spacial score (nSPS) is 10.8. The Morgan fingerprint density at radius 3 is 2.20 bits per heavy atom. The van der Waals surface area contributed by atoms with Crippen LogP contribution in [0.5, 0.6) is 0 Å². The molecule has 0 atom stereocenters. The Morgan fingerprint density at radius 1 is 1.40 bits per heavy atom. The standard InChI is InChI=1S/C6H4Br2N2/c7-3-1-2-6(8,4-9)5-10/h1-2H,3H2. The number of rotatable bonds is 2. The summed E-state index contributed by atoms with van der Waals surface area (Å²) in [4.78, 5) is 0. The molecular weight excluding hydrogens is 260 g/mol. The monoisotopic (exact) mass is 262 g/mol. The summed E-state index contributed by atoms with van der Waals surface area (Å²) in [6, 6.07) is 3.62. The second kappa shape index (κ2) is 4.49. The first-order valence-electron chi connectivity index (χ1n) is 2.43. The van der Waals surface area contributed by atoms with E-state index in [1.165, 1.54) is 6.08 Å². The largest absolute Gasteiger partial charge is 0.215 e. The van der Waals surface area contributed by atoms with Gasteiger partial charge in [-0.15, -0.1) is 0 Å². The van der Waals surface area contributed by atoms with E-state index in [1.54, 1.807) is 6.08 Å². The summed E-state index contributed by atoms with van der Waals surface area (Å²) in [7, 11) is 0. The molecule has 0 heterocycles. The number of alkyl halides is 2. The van der Waals surface area contributed by atoms with Crippen LogP contribution in [0.2, 0.25) is 0 Å². The van der Waals surface area contributed by atoms with Gasteiger partial charge in [0.2, 0.25) is 4.32 Å². The Kier molecular flexibility index (Phi) is 4.34. The SMILES string of the molecule is N#CC(Br)(C#N)C=CCBr. The molecule has 10 heavy (non-hydrogen) atoms. The minimum absolute atomic E-state index is 0.643. The van der Waals surface area contributed by atoms with Gasteiger partial charge in [-0.2, -0.15) is 10.5 Å². The van der Waals surface area contributed by atoms with E-state index in [1.807, 2.05) is 12.1 Å². The minimum Gasteiger partial charge on any atom is -0.195 e. The highest BCUT2D eigenvalue weighted by Crippen LogP contribution is 2.17. The quantitative estimate of drug-likeness (QED) is 0.566. The second-order valence-electron chi connectivity index (χ2n) is 1.49. The summed E-state index contributed by atoms with van der Waals surface area (Å²) in [5.74, 6) is 0. The van der Waals surface area contributed by atoms with E-state index >= 15 is 0 Å². The van der Waals surface area contributed by atoms with Gasteiger partial charge in [0.15, 0.2) is 0 Å². The van der Waals surface area contributed by atoms with Gasteiger partial charge in [-0.3, -0.25) is 0 Å². The van der Waals surface area contributed by atoms with Gasteiger partial charge >= 0.3 is 0 Å². The zero-order valence-corrected chi connectivity index (χ0v) is 8.18. The molecule has 0 rings (SSSR count). The van der Waals surface area contributed by atoms with Gasteiger partial charge in [0.1, 0.15) is 12.1 Å². The van der Waals surface area contributed by atoms with Crippen molar-refractivity contribution in [3.05, 3.63) is 12.2 Å². The predicted octanol–water partition coefficient (Wildman–Crippen LogP) is 2.12. The van der Waals surface area contributed by atoms with Crippen molar-refractivity contribution in [1.29, 1.82) is 10.5 Å². The Bertz CT molecular complexity index is 195. The van der Waals surface area contributed by atoms with Crippen LogP contribution in [0.25, 0.3) is 0 Å². The highest BCUT2D eigenvalue weighted by atomic mass is 79.9. The van der Waals surface area contributed by atoms with Crippen molar-refractivity contribution in [2.24, 2.45) is 0 Å². The Balaban J connectivity index is 4.28. The van der Waals surface area contributed by atoms with E-state index < -0.39 is 4.32 Å². The number of nitriles is 2. The first kappa shape index (κ1) is 9.68. The summed E-state index contributed by atoms with van der Waals surface area (Å²) in [6.45, 7) is 0. The summed E-state index contributed by atoms with van der Waals surface area (Å²) < 4.78 is -1.15. The van der Waals surface area contributed by atoms with Crippen LogP contribution in [0, 0.1) is 22.7 Å². The molecule has 0 spiro atoms. The third-order valence-corrected chi connectivity index (χ3v) is 1.75. The third kappa shape index (κ3) is 3.00. The molecule has 0 aliphatic rings. The van der Waals surface area contributed by atoms with Crippen molar-refractivity contribution in [2.45, 2.75) is 4.32 Å². The van der Waals surface area contributed by atoms with Crippen molar-refractivity contribution in [2.75, 3.05) is 5.33 Å². The lowest BCUT2D eigenvalue weighted by atomic mass is 10.2. The minimum atomic E-state index is -1.15. The smallest absolute Gasteiger partial charge is 0.195 e. The van der Waals surface area contributed by atoms with E-state index in [-0.39, 0.29) is 0 Å². The van der Waals surface area contributed by atoms with Crippen LogP contribution in [0.4, 0.5) is 0 Å². The van der Waals surface area contributed by atoms with Crippen LogP contribution in [0.1, 0.15) is 0 Å². The highest BCUT2D eigenvalue weighted by molar-refractivity contribution is 9.10. The third-order valence-electron chi connectivity index (χ3n) is 0.762. The van der Waals surface area contributed by atoms with Crippen molar-refractivity contribution < 1.29 is 0 Å². The van der Waals surface area contributed by atoms with Crippen molar-refractivity contribution in [3.63, 3.8) is 0 Å². The lowest BCUT2D eigenvalue weighted by Gasteiger charge is -1.99. The van der Waals surface area contributed by atoms with Gasteiger partial charge in [0.25, 0.3) is 0 Å². The Hall–Kier alpha value is -0.320. The fourth-order valence-electron chi connectivity index (χ4n) is 0.306. The topological polar surface area (TPSA) is 47.6 Å². The summed E-state index contributed by atoms with van der Waals surface area (Å²) in [6.07, 6.45) is 3.20. The molecular formula is C6H4Br2N2. The number of hydrogen-bond acceptors (Lipinski definition) is 2. The molecule has 0 saturated heterocycles. The number of halogens is 2. The van der Waals surface area contributed by atoms with E-state index in [9.17, 15) is 0 Å². The molecule has 0 N–H and O–H groups in total. The summed E-state index contributed by atoms with van der Waals surface area (Å²) >= 11 is 6.09. The maximum absolute atomic E-state index is 8.43. The lowest BCUT2D eigenvalue weighted by Crippen LogP contribution is -2.09. The number of nitrogens with zero attached hydrogens (tertiary/aromatic N) is 2. The van der Waals surface area contributed by atoms with Crippen LogP contribution in [-0.2, 0) is 0 Å². The summed E-state index contributed by atoms with van der Waals surface area (Å²) in [5.41, 5.74) is 0. The van der Waals surface area contributed by atoms with Gasteiger partial charge in [0, 0.05) is 5.33 Å².